The number of halogens is 2. The van der Waals surface area contributed by atoms with Gasteiger partial charge in [-0.25, -0.2) is 4.39 Å². The molecule has 1 aromatic carbocycles. The molecule has 2 nitrogen and oxygen atoms in total. The average molecular weight is 296 g/mol. The molecule has 4 heteroatoms. The molecule has 0 aromatic heterocycles. The zero-order valence-corrected chi connectivity index (χ0v) is 12.6. The van der Waals surface area contributed by atoms with Gasteiger partial charge in [-0.2, -0.15) is 4.39 Å². The van der Waals surface area contributed by atoms with Crippen LogP contribution < -0.4 is 4.74 Å². The summed E-state index contributed by atoms with van der Waals surface area (Å²) in [5.74, 6) is -1.70. The Balaban J connectivity index is 2.09. The Kier molecular flexibility index (Phi) is 5.74. The molecule has 0 unspecified atom stereocenters. The molecule has 0 saturated heterocycles. The van der Waals surface area contributed by atoms with E-state index in [0.717, 1.165) is 25.7 Å². The second-order valence-corrected chi connectivity index (χ2v) is 5.30. The minimum atomic E-state index is -0.905. The molecule has 1 aliphatic rings. The van der Waals surface area contributed by atoms with Gasteiger partial charge in [0, 0.05) is 6.61 Å². The predicted octanol–water partition coefficient (Wildman–Crippen LogP) is 4.94. The largest absolute Gasteiger partial charge is 0.462 e. The van der Waals surface area contributed by atoms with Gasteiger partial charge in [0.2, 0.25) is 5.82 Å². The summed E-state index contributed by atoms with van der Waals surface area (Å²) < 4.78 is 38.8. The summed E-state index contributed by atoms with van der Waals surface area (Å²) in [4.78, 5) is 0. The van der Waals surface area contributed by atoms with Gasteiger partial charge in [0.05, 0.1) is 12.4 Å². The fraction of sp³-hybridized carbons (Fsp3) is 0.529. The van der Waals surface area contributed by atoms with Gasteiger partial charge in [-0.05, 0) is 57.1 Å². The summed E-state index contributed by atoms with van der Waals surface area (Å²) in [5, 5.41) is 0. The van der Waals surface area contributed by atoms with Crippen molar-refractivity contribution in [2.45, 2.75) is 51.6 Å². The van der Waals surface area contributed by atoms with Crippen molar-refractivity contribution in [3.05, 3.63) is 41.7 Å². The van der Waals surface area contributed by atoms with Crippen LogP contribution in [0.3, 0.4) is 0 Å². The van der Waals surface area contributed by atoms with Gasteiger partial charge in [-0.1, -0.05) is 12.1 Å². The van der Waals surface area contributed by atoms with Crippen LogP contribution in [0.2, 0.25) is 0 Å². The van der Waals surface area contributed by atoms with E-state index >= 15 is 0 Å². The van der Waals surface area contributed by atoms with Crippen LogP contribution in [0.4, 0.5) is 8.78 Å². The molecule has 0 radical (unpaired) electrons. The van der Waals surface area contributed by atoms with Gasteiger partial charge in [-0.15, -0.1) is 0 Å². The van der Waals surface area contributed by atoms with Crippen LogP contribution >= 0.6 is 0 Å². The zero-order chi connectivity index (χ0) is 15.2. The highest BCUT2D eigenvalue weighted by atomic mass is 19.2. The van der Waals surface area contributed by atoms with Gasteiger partial charge in [-0.3, -0.25) is 0 Å². The van der Waals surface area contributed by atoms with E-state index in [9.17, 15) is 8.78 Å². The van der Waals surface area contributed by atoms with Gasteiger partial charge < -0.3 is 9.47 Å². The molecule has 0 bridgehead atoms. The molecule has 1 saturated carbocycles. The van der Waals surface area contributed by atoms with E-state index in [1.165, 1.54) is 12.3 Å². The molecule has 1 aromatic rings. The van der Waals surface area contributed by atoms with Crippen LogP contribution in [-0.4, -0.2) is 12.7 Å². The Morgan fingerprint density at radius 3 is 2.48 bits per heavy atom. The molecule has 1 aliphatic carbocycles. The Labute approximate surface area is 124 Å². The molecule has 0 N–H and O–H groups in total. The number of ether oxygens (including phenoxy) is 2. The average Bonchev–Trinajstić information content (AvgIpc) is 2.50. The van der Waals surface area contributed by atoms with Crippen LogP contribution in [0, 0.1) is 11.6 Å². The minimum absolute atomic E-state index is 0.0620. The topological polar surface area (TPSA) is 18.5 Å². The fourth-order valence-corrected chi connectivity index (χ4v) is 2.87. The molecule has 0 spiro atoms. The van der Waals surface area contributed by atoms with E-state index in [2.05, 4.69) is 0 Å². The molecule has 0 amide bonds. The lowest BCUT2D eigenvalue weighted by atomic mass is 9.82. The van der Waals surface area contributed by atoms with Crippen molar-refractivity contribution < 1.29 is 18.3 Å². The van der Waals surface area contributed by atoms with E-state index in [1.807, 2.05) is 6.92 Å². The van der Waals surface area contributed by atoms with E-state index in [-0.39, 0.29) is 17.8 Å². The van der Waals surface area contributed by atoms with Gasteiger partial charge in [0.25, 0.3) is 0 Å². The first kappa shape index (κ1) is 16.0. The predicted molar refractivity (Wildman–Crippen MR) is 78.4 cm³/mol. The summed E-state index contributed by atoms with van der Waals surface area (Å²) in [6.07, 6.45) is 6.68. The highest BCUT2D eigenvalue weighted by Crippen LogP contribution is 2.37. The lowest BCUT2D eigenvalue weighted by Gasteiger charge is -2.28. The lowest BCUT2D eigenvalue weighted by Crippen LogP contribution is -2.21. The van der Waals surface area contributed by atoms with Crippen molar-refractivity contribution in [3.8, 4) is 5.75 Å². The van der Waals surface area contributed by atoms with Crippen LogP contribution in [0.5, 0.6) is 5.75 Å². The third-order valence-corrected chi connectivity index (χ3v) is 3.92. The molecule has 0 aliphatic heterocycles. The van der Waals surface area contributed by atoms with Crippen LogP contribution in [-0.2, 0) is 4.74 Å². The third kappa shape index (κ3) is 3.82. The summed E-state index contributed by atoms with van der Waals surface area (Å²) in [7, 11) is 0. The van der Waals surface area contributed by atoms with Crippen molar-refractivity contribution in [1.82, 2.24) is 0 Å². The van der Waals surface area contributed by atoms with E-state index < -0.39 is 11.6 Å². The first-order chi connectivity index (χ1) is 10.2. The Bertz CT molecular complexity index is 492. The second kappa shape index (κ2) is 7.55. The Morgan fingerprint density at radius 1 is 1.14 bits per heavy atom. The molecule has 116 valence electrons. The number of rotatable bonds is 5. The maximum atomic E-state index is 14.2. The van der Waals surface area contributed by atoms with E-state index in [1.54, 1.807) is 19.1 Å². The van der Waals surface area contributed by atoms with E-state index in [0.29, 0.717) is 12.2 Å². The van der Waals surface area contributed by atoms with Crippen molar-refractivity contribution in [3.63, 3.8) is 0 Å². The molecule has 0 heterocycles. The molecule has 1 fully saturated rings. The maximum Gasteiger partial charge on any atom is 0.201 e. The number of hydrogen-bond acceptors (Lipinski definition) is 2. The molecule has 2 rings (SSSR count). The fourth-order valence-electron chi connectivity index (χ4n) is 2.87. The normalized spacial score (nSPS) is 22.7. The van der Waals surface area contributed by atoms with E-state index in [4.69, 9.17) is 9.47 Å². The first-order valence-electron chi connectivity index (χ1n) is 7.54. The molecule has 21 heavy (non-hydrogen) atoms. The SMILES string of the molecule is C/C=C/Oc1ccc(C2CCC(OCC)CC2)c(F)c1F. The van der Waals surface area contributed by atoms with Crippen LogP contribution in [0.25, 0.3) is 0 Å². The van der Waals surface area contributed by atoms with Crippen molar-refractivity contribution in [2.75, 3.05) is 6.61 Å². The quantitative estimate of drug-likeness (QED) is 0.716. The van der Waals surface area contributed by atoms with Gasteiger partial charge in [0.1, 0.15) is 0 Å². The minimum Gasteiger partial charge on any atom is -0.462 e. The second-order valence-electron chi connectivity index (χ2n) is 5.30. The summed E-state index contributed by atoms with van der Waals surface area (Å²) in [5.41, 5.74) is 0.454. The molecular weight excluding hydrogens is 274 g/mol. The lowest BCUT2D eigenvalue weighted by molar-refractivity contribution is 0.0325. The highest BCUT2D eigenvalue weighted by Gasteiger charge is 2.26. The molecular formula is C17H22F2O2. The summed E-state index contributed by atoms with van der Waals surface area (Å²) in [6, 6.07) is 3.14. The van der Waals surface area contributed by atoms with Crippen molar-refractivity contribution in [1.29, 1.82) is 0 Å². The first-order valence-corrected chi connectivity index (χ1v) is 7.54. The maximum absolute atomic E-state index is 14.2. The Morgan fingerprint density at radius 2 is 1.86 bits per heavy atom. The van der Waals surface area contributed by atoms with Gasteiger partial charge >= 0.3 is 0 Å². The smallest absolute Gasteiger partial charge is 0.201 e. The highest BCUT2D eigenvalue weighted by molar-refractivity contribution is 5.33. The van der Waals surface area contributed by atoms with Crippen molar-refractivity contribution >= 4 is 0 Å². The monoisotopic (exact) mass is 296 g/mol. The summed E-state index contributed by atoms with van der Waals surface area (Å²) >= 11 is 0. The zero-order valence-electron chi connectivity index (χ0n) is 12.6. The van der Waals surface area contributed by atoms with Gasteiger partial charge in [0.15, 0.2) is 11.6 Å². The van der Waals surface area contributed by atoms with Crippen LogP contribution in [0.1, 0.15) is 51.0 Å². The van der Waals surface area contributed by atoms with Crippen molar-refractivity contribution in [2.24, 2.45) is 0 Å². The third-order valence-electron chi connectivity index (χ3n) is 3.92. The van der Waals surface area contributed by atoms with Crippen LogP contribution in [0.15, 0.2) is 24.5 Å². The number of hydrogen-bond donors (Lipinski definition) is 0. The number of benzene rings is 1. The molecule has 0 atom stereocenters. The summed E-state index contributed by atoms with van der Waals surface area (Å²) in [6.45, 7) is 4.43. The Hall–Kier alpha value is -1.42. The standard InChI is InChI=1S/C17H22F2O2/c1-3-11-21-15-10-9-14(16(18)17(15)19)12-5-7-13(8-6-12)20-4-2/h3,9-13H,4-8H2,1-2H3/b11-3+. The number of allylic oxidation sites excluding steroid dienone is 1.